The molecule has 1 aliphatic rings. The van der Waals surface area contributed by atoms with E-state index in [1.807, 2.05) is 6.92 Å². The van der Waals surface area contributed by atoms with Gasteiger partial charge in [0.15, 0.2) is 0 Å². The van der Waals surface area contributed by atoms with Crippen molar-refractivity contribution in [3.05, 3.63) is 0 Å². The Balaban J connectivity index is 2.56. The predicted octanol–water partition coefficient (Wildman–Crippen LogP) is 2.33. The fourth-order valence-electron chi connectivity index (χ4n) is 2.37. The molecular formula is C13H23NO3. The van der Waals surface area contributed by atoms with Gasteiger partial charge in [0.2, 0.25) is 5.91 Å². The first kappa shape index (κ1) is 14.0. The number of carboxylic acid groups (broad SMARTS) is 1. The van der Waals surface area contributed by atoms with Crippen molar-refractivity contribution < 1.29 is 14.7 Å². The van der Waals surface area contributed by atoms with Crippen molar-refractivity contribution in [3.63, 3.8) is 0 Å². The minimum absolute atomic E-state index is 0.0909. The van der Waals surface area contributed by atoms with E-state index in [1.165, 1.54) is 0 Å². The highest BCUT2D eigenvalue weighted by Crippen LogP contribution is 2.30. The number of rotatable bonds is 6. The van der Waals surface area contributed by atoms with Crippen molar-refractivity contribution in [3.8, 4) is 0 Å². The van der Waals surface area contributed by atoms with Gasteiger partial charge in [-0.3, -0.25) is 4.79 Å². The molecule has 98 valence electrons. The Morgan fingerprint density at radius 3 is 2.41 bits per heavy atom. The maximum Gasteiger partial charge on any atom is 0.329 e. The summed E-state index contributed by atoms with van der Waals surface area (Å²) in [6.45, 7) is 3.95. The highest BCUT2D eigenvalue weighted by Gasteiger charge is 2.42. The quantitative estimate of drug-likeness (QED) is 0.750. The highest BCUT2D eigenvalue weighted by atomic mass is 16.4. The van der Waals surface area contributed by atoms with E-state index >= 15 is 0 Å². The average molecular weight is 241 g/mol. The van der Waals surface area contributed by atoms with Crippen LogP contribution in [0.4, 0.5) is 0 Å². The lowest BCUT2D eigenvalue weighted by Gasteiger charge is -2.27. The van der Waals surface area contributed by atoms with Crippen molar-refractivity contribution in [1.29, 1.82) is 0 Å². The van der Waals surface area contributed by atoms with E-state index in [1.54, 1.807) is 0 Å². The van der Waals surface area contributed by atoms with Gasteiger partial charge >= 0.3 is 5.97 Å². The Labute approximate surface area is 103 Å². The second-order valence-electron chi connectivity index (χ2n) is 5.13. The van der Waals surface area contributed by atoms with Crippen LogP contribution in [0.5, 0.6) is 0 Å². The van der Waals surface area contributed by atoms with Crippen LogP contribution in [0, 0.1) is 5.92 Å². The molecule has 1 atom stereocenters. The van der Waals surface area contributed by atoms with Gasteiger partial charge in [-0.25, -0.2) is 4.79 Å². The van der Waals surface area contributed by atoms with Gasteiger partial charge in [-0.15, -0.1) is 0 Å². The highest BCUT2D eigenvalue weighted by molar-refractivity contribution is 5.88. The molecule has 1 unspecified atom stereocenters. The van der Waals surface area contributed by atoms with Gasteiger partial charge in [0.1, 0.15) is 5.54 Å². The molecule has 0 saturated heterocycles. The zero-order chi connectivity index (χ0) is 12.9. The number of nitrogens with one attached hydrogen (secondary N) is 1. The van der Waals surface area contributed by atoms with E-state index < -0.39 is 11.5 Å². The third kappa shape index (κ3) is 3.45. The minimum Gasteiger partial charge on any atom is -0.480 e. The largest absolute Gasteiger partial charge is 0.480 e. The molecule has 1 amide bonds. The summed E-state index contributed by atoms with van der Waals surface area (Å²) in [5.74, 6) is -1.08. The maximum absolute atomic E-state index is 11.9. The molecule has 1 rings (SSSR count). The molecule has 4 nitrogen and oxygen atoms in total. The number of carbonyl (C=O) groups excluding carboxylic acids is 1. The van der Waals surface area contributed by atoms with Crippen LogP contribution in [-0.2, 0) is 9.59 Å². The number of aliphatic carboxylic acids is 1. The monoisotopic (exact) mass is 241 g/mol. The molecular weight excluding hydrogens is 218 g/mol. The first-order chi connectivity index (χ1) is 8.02. The van der Waals surface area contributed by atoms with Crippen LogP contribution < -0.4 is 5.32 Å². The summed E-state index contributed by atoms with van der Waals surface area (Å²) >= 11 is 0. The van der Waals surface area contributed by atoms with Crippen molar-refractivity contribution in [2.75, 3.05) is 0 Å². The van der Waals surface area contributed by atoms with Crippen molar-refractivity contribution in [2.24, 2.45) is 5.92 Å². The van der Waals surface area contributed by atoms with Crippen molar-refractivity contribution in [2.45, 2.75) is 64.3 Å². The Kier molecular flexibility index (Phi) is 4.97. The van der Waals surface area contributed by atoms with E-state index in [9.17, 15) is 14.7 Å². The Hall–Kier alpha value is -1.06. The van der Waals surface area contributed by atoms with E-state index in [0.717, 1.165) is 32.1 Å². The van der Waals surface area contributed by atoms with E-state index in [-0.39, 0.29) is 11.8 Å². The summed E-state index contributed by atoms with van der Waals surface area (Å²) in [4.78, 5) is 23.2. The third-order valence-electron chi connectivity index (χ3n) is 3.67. The molecule has 1 fully saturated rings. The second-order valence-corrected chi connectivity index (χ2v) is 5.13. The molecule has 17 heavy (non-hydrogen) atoms. The van der Waals surface area contributed by atoms with Gasteiger partial charge in [-0.1, -0.05) is 39.5 Å². The molecule has 0 aromatic heterocycles. The van der Waals surface area contributed by atoms with Crippen LogP contribution in [0.15, 0.2) is 0 Å². The van der Waals surface area contributed by atoms with Gasteiger partial charge in [0.25, 0.3) is 0 Å². The number of carbonyl (C=O) groups is 2. The maximum atomic E-state index is 11.9. The Morgan fingerprint density at radius 2 is 1.94 bits per heavy atom. The first-order valence-electron chi connectivity index (χ1n) is 6.57. The zero-order valence-electron chi connectivity index (χ0n) is 10.8. The van der Waals surface area contributed by atoms with Crippen LogP contribution in [-0.4, -0.2) is 22.5 Å². The summed E-state index contributed by atoms with van der Waals surface area (Å²) in [7, 11) is 0. The Morgan fingerprint density at radius 1 is 1.35 bits per heavy atom. The topological polar surface area (TPSA) is 66.4 Å². The Bertz CT molecular complexity index is 282. The van der Waals surface area contributed by atoms with Gasteiger partial charge in [0, 0.05) is 5.92 Å². The van der Waals surface area contributed by atoms with Gasteiger partial charge in [-0.2, -0.15) is 0 Å². The molecule has 0 spiro atoms. The predicted molar refractivity (Wildman–Crippen MR) is 65.7 cm³/mol. The molecule has 0 heterocycles. The summed E-state index contributed by atoms with van der Waals surface area (Å²) < 4.78 is 0. The van der Waals surface area contributed by atoms with E-state index in [2.05, 4.69) is 12.2 Å². The number of hydrogen-bond acceptors (Lipinski definition) is 2. The zero-order valence-corrected chi connectivity index (χ0v) is 10.8. The van der Waals surface area contributed by atoms with Gasteiger partial charge in [-0.05, 0) is 19.3 Å². The lowest BCUT2D eigenvalue weighted by Crippen LogP contribution is -2.53. The summed E-state index contributed by atoms with van der Waals surface area (Å²) in [5.41, 5.74) is -0.989. The minimum atomic E-state index is -0.989. The van der Waals surface area contributed by atoms with Crippen LogP contribution >= 0.6 is 0 Å². The molecule has 0 radical (unpaired) electrons. The molecule has 0 bridgehead atoms. The lowest BCUT2D eigenvalue weighted by molar-refractivity contribution is -0.148. The molecule has 0 aliphatic heterocycles. The SMILES string of the molecule is CCCCC(C)C(=O)NC1(C(=O)O)CCCC1. The second kappa shape index (κ2) is 6.03. The molecule has 4 heteroatoms. The summed E-state index contributed by atoms with van der Waals surface area (Å²) in [6.07, 6.45) is 5.80. The molecule has 1 aliphatic carbocycles. The van der Waals surface area contributed by atoms with Crippen molar-refractivity contribution in [1.82, 2.24) is 5.32 Å². The molecule has 1 saturated carbocycles. The number of carboxylic acids is 1. The fourth-order valence-corrected chi connectivity index (χ4v) is 2.37. The normalized spacial score (nSPS) is 19.9. The van der Waals surface area contributed by atoms with Crippen LogP contribution in [0.25, 0.3) is 0 Å². The first-order valence-corrected chi connectivity index (χ1v) is 6.57. The smallest absolute Gasteiger partial charge is 0.329 e. The standard InChI is InChI=1S/C13H23NO3/c1-3-4-7-10(2)11(15)14-13(12(16)17)8-5-6-9-13/h10H,3-9H2,1-2H3,(H,14,15)(H,16,17). The number of hydrogen-bond donors (Lipinski definition) is 2. The van der Waals surface area contributed by atoms with Gasteiger partial charge in [0.05, 0.1) is 0 Å². The van der Waals surface area contributed by atoms with Crippen LogP contribution in [0.2, 0.25) is 0 Å². The summed E-state index contributed by atoms with van der Waals surface area (Å²) in [6, 6.07) is 0. The van der Waals surface area contributed by atoms with Crippen LogP contribution in [0.3, 0.4) is 0 Å². The molecule has 0 aromatic rings. The van der Waals surface area contributed by atoms with Gasteiger partial charge < -0.3 is 10.4 Å². The average Bonchev–Trinajstić information content (AvgIpc) is 2.75. The molecule has 0 aromatic carbocycles. The summed E-state index contributed by atoms with van der Waals surface area (Å²) in [5, 5.41) is 12.0. The molecule has 2 N–H and O–H groups in total. The fraction of sp³-hybridized carbons (Fsp3) is 0.846. The van der Waals surface area contributed by atoms with E-state index in [0.29, 0.717) is 12.8 Å². The van der Waals surface area contributed by atoms with Crippen molar-refractivity contribution >= 4 is 11.9 Å². The van der Waals surface area contributed by atoms with Crippen LogP contribution in [0.1, 0.15) is 58.8 Å². The third-order valence-corrected chi connectivity index (χ3v) is 3.67. The number of amides is 1. The number of unbranched alkanes of at least 4 members (excludes halogenated alkanes) is 1. The lowest BCUT2D eigenvalue weighted by atomic mass is 9.95. The van der Waals surface area contributed by atoms with E-state index in [4.69, 9.17) is 0 Å².